The van der Waals surface area contributed by atoms with Crippen LogP contribution in [0.3, 0.4) is 0 Å². The lowest BCUT2D eigenvalue weighted by molar-refractivity contribution is -0.116. The number of benzene rings is 1. The molecule has 1 aromatic carbocycles. The van der Waals surface area contributed by atoms with E-state index in [1.54, 1.807) is 6.07 Å². The highest BCUT2D eigenvalue weighted by atomic mass is 35.5. The Morgan fingerprint density at radius 3 is 2.62 bits per heavy atom. The lowest BCUT2D eigenvalue weighted by Gasteiger charge is -2.37. The molecule has 2 aliphatic rings. The molecule has 4 nitrogen and oxygen atoms in total. The Kier molecular flexibility index (Phi) is 4.48. The van der Waals surface area contributed by atoms with Crippen LogP contribution in [0.5, 0.6) is 0 Å². The summed E-state index contributed by atoms with van der Waals surface area (Å²) in [5.41, 5.74) is 6.76. The number of amides is 1. The van der Waals surface area contributed by atoms with Crippen molar-refractivity contribution in [2.45, 2.75) is 50.2 Å². The van der Waals surface area contributed by atoms with Gasteiger partial charge in [0.1, 0.15) is 0 Å². The molecule has 2 saturated heterocycles. The molecule has 114 valence electrons. The molecule has 2 unspecified atom stereocenters. The van der Waals surface area contributed by atoms with Gasteiger partial charge in [-0.2, -0.15) is 0 Å². The summed E-state index contributed by atoms with van der Waals surface area (Å²) in [6.07, 6.45) is 5.10. The van der Waals surface area contributed by atoms with Crippen LogP contribution in [-0.2, 0) is 4.79 Å². The van der Waals surface area contributed by atoms with Crippen molar-refractivity contribution in [2.24, 2.45) is 5.73 Å². The fraction of sp³-hybridized carbons (Fsp3) is 0.562. The van der Waals surface area contributed by atoms with Crippen LogP contribution in [0.25, 0.3) is 0 Å². The van der Waals surface area contributed by atoms with Gasteiger partial charge in [-0.1, -0.05) is 23.7 Å². The van der Waals surface area contributed by atoms with E-state index in [0.29, 0.717) is 35.3 Å². The Morgan fingerprint density at radius 2 is 1.95 bits per heavy atom. The van der Waals surface area contributed by atoms with E-state index in [2.05, 4.69) is 10.2 Å². The molecule has 1 aromatic rings. The standard InChI is InChI=1S/C16H22ClN3O/c17-14-3-1-2-4-15(14)19-16(21)7-8-20-12-5-6-13(20)10-11(18)9-12/h1-4,11-13H,5-10,18H2,(H,19,21). The van der Waals surface area contributed by atoms with Crippen molar-refractivity contribution < 1.29 is 4.79 Å². The van der Waals surface area contributed by atoms with E-state index in [9.17, 15) is 4.79 Å². The number of hydrogen-bond donors (Lipinski definition) is 2. The number of carbonyl (C=O) groups is 1. The number of nitrogens with one attached hydrogen (secondary N) is 1. The zero-order valence-electron chi connectivity index (χ0n) is 12.1. The summed E-state index contributed by atoms with van der Waals surface area (Å²) in [6.45, 7) is 0.818. The van der Waals surface area contributed by atoms with Gasteiger partial charge in [0.25, 0.3) is 0 Å². The van der Waals surface area contributed by atoms with Crippen molar-refractivity contribution in [2.75, 3.05) is 11.9 Å². The normalized spacial score (nSPS) is 28.6. The fourth-order valence-corrected chi connectivity index (χ4v) is 3.87. The first-order chi connectivity index (χ1) is 10.1. The third-order valence-corrected chi connectivity index (χ3v) is 5.00. The number of halogens is 1. The summed E-state index contributed by atoms with van der Waals surface area (Å²) in [7, 11) is 0. The molecule has 2 aliphatic heterocycles. The Morgan fingerprint density at radius 1 is 1.29 bits per heavy atom. The molecule has 0 spiro atoms. The fourth-order valence-electron chi connectivity index (χ4n) is 3.69. The number of carbonyl (C=O) groups excluding carboxylic acids is 1. The van der Waals surface area contributed by atoms with Crippen molar-refractivity contribution >= 4 is 23.2 Å². The van der Waals surface area contributed by atoms with Crippen LogP contribution < -0.4 is 11.1 Å². The molecule has 1 amide bonds. The van der Waals surface area contributed by atoms with Gasteiger partial charge in [-0.05, 0) is 37.8 Å². The van der Waals surface area contributed by atoms with Gasteiger partial charge in [0.05, 0.1) is 10.7 Å². The lowest BCUT2D eigenvalue weighted by Crippen LogP contribution is -2.48. The number of para-hydroxylation sites is 1. The third-order valence-electron chi connectivity index (χ3n) is 4.67. The second-order valence-electron chi connectivity index (χ2n) is 6.13. The van der Waals surface area contributed by atoms with E-state index >= 15 is 0 Å². The number of rotatable bonds is 4. The highest BCUT2D eigenvalue weighted by Gasteiger charge is 2.39. The topological polar surface area (TPSA) is 58.4 Å². The maximum atomic E-state index is 12.1. The molecule has 3 rings (SSSR count). The van der Waals surface area contributed by atoms with Crippen molar-refractivity contribution in [3.63, 3.8) is 0 Å². The number of fused-ring (bicyclic) bond motifs is 2. The zero-order valence-corrected chi connectivity index (χ0v) is 12.9. The van der Waals surface area contributed by atoms with Gasteiger partial charge in [0.2, 0.25) is 5.91 Å². The average Bonchev–Trinajstić information content (AvgIpc) is 2.69. The van der Waals surface area contributed by atoms with Crippen molar-refractivity contribution in [1.29, 1.82) is 0 Å². The smallest absolute Gasteiger partial charge is 0.225 e. The van der Waals surface area contributed by atoms with Gasteiger partial charge in [-0.15, -0.1) is 0 Å². The Labute approximate surface area is 130 Å². The summed E-state index contributed by atoms with van der Waals surface area (Å²) in [5, 5.41) is 3.46. The Hall–Kier alpha value is -1.10. The quantitative estimate of drug-likeness (QED) is 0.899. The number of piperidine rings is 1. The van der Waals surface area contributed by atoms with E-state index < -0.39 is 0 Å². The first kappa shape index (κ1) is 14.8. The molecule has 5 heteroatoms. The van der Waals surface area contributed by atoms with Crippen LogP contribution in [0.2, 0.25) is 5.02 Å². The van der Waals surface area contributed by atoms with Crippen LogP contribution in [0.4, 0.5) is 5.69 Å². The van der Waals surface area contributed by atoms with Gasteiger partial charge in [0, 0.05) is 31.1 Å². The maximum absolute atomic E-state index is 12.1. The molecule has 2 fully saturated rings. The van der Waals surface area contributed by atoms with E-state index in [4.69, 9.17) is 17.3 Å². The summed E-state index contributed by atoms with van der Waals surface area (Å²) in [4.78, 5) is 14.6. The number of anilines is 1. The molecular weight excluding hydrogens is 286 g/mol. The van der Waals surface area contributed by atoms with Crippen molar-refractivity contribution in [3.05, 3.63) is 29.3 Å². The molecule has 21 heavy (non-hydrogen) atoms. The second kappa shape index (κ2) is 6.34. The first-order valence-electron chi connectivity index (χ1n) is 7.69. The molecule has 0 saturated carbocycles. The molecule has 0 aliphatic carbocycles. The van der Waals surface area contributed by atoms with Gasteiger partial charge in [0.15, 0.2) is 0 Å². The maximum Gasteiger partial charge on any atom is 0.225 e. The molecular formula is C16H22ClN3O. The Bertz CT molecular complexity index is 508. The van der Waals surface area contributed by atoms with Crippen LogP contribution >= 0.6 is 11.6 Å². The second-order valence-corrected chi connectivity index (χ2v) is 6.54. The molecule has 2 atom stereocenters. The predicted molar refractivity (Wildman–Crippen MR) is 85.4 cm³/mol. The van der Waals surface area contributed by atoms with Gasteiger partial charge < -0.3 is 11.1 Å². The molecule has 0 radical (unpaired) electrons. The van der Waals surface area contributed by atoms with Gasteiger partial charge in [-0.3, -0.25) is 9.69 Å². The minimum absolute atomic E-state index is 0.0253. The van der Waals surface area contributed by atoms with Crippen LogP contribution in [0.1, 0.15) is 32.1 Å². The number of nitrogens with zero attached hydrogens (tertiary/aromatic N) is 1. The minimum Gasteiger partial charge on any atom is -0.328 e. The monoisotopic (exact) mass is 307 g/mol. The van der Waals surface area contributed by atoms with Crippen molar-refractivity contribution in [1.82, 2.24) is 4.90 Å². The summed E-state index contributed by atoms with van der Waals surface area (Å²) < 4.78 is 0. The summed E-state index contributed by atoms with van der Waals surface area (Å²) >= 11 is 6.05. The van der Waals surface area contributed by atoms with Gasteiger partial charge >= 0.3 is 0 Å². The molecule has 2 bridgehead atoms. The molecule has 0 aromatic heterocycles. The molecule has 2 heterocycles. The summed E-state index contributed by atoms with van der Waals surface area (Å²) in [6, 6.07) is 8.82. The highest BCUT2D eigenvalue weighted by Crippen LogP contribution is 2.35. The van der Waals surface area contributed by atoms with Crippen LogP contribution in [0, 0.1) is 0 Å². The van der Waals surface area contributed by atoms with Crippen LogP contribution in [0.15, 0.2) is 24.3 Å². The van der Waals surface area contributed by atoms with E-state index in [-0.39, 0.29) is 5.91 Å². The lowest BCUT2D eigenvalue weighted by atomic mass is 9.98. The molecule has 3 N–H and O–H groups in total. The van der Waals surface area contributed by atoms with Crippen molar-refractivity contribution in [3.8, 4) is 0 Å². The van der Waals surface area contributed by atoms with E-state index in [1.807, 2.05) is 18.2 Å². The first-order valence-corrected chi connectivity index (χ1v) is 8.07. The van der Waals surface area contributed by atoms with E-state index in [1.165, 1.54) is 12.8 Å². The number of hydrogen-bond acceptors (Lipinski definition) is 3. The SMILES string of the molecule is NC1CC2CCC(C1)N2CCC(=O)Nc1ccccc1Cl. The van der Waals surface area contributed by atoms with Gasteiger partial charge in [-0.25, -0.2) is 0 Å². The Balaban J connectivity index is 1.52. The summed E-state index contributed by atoms with van der Waals surface area (Å²) in [5.74, 6) is 0.0253. The predicted octanol–water partition coefficient (Wildman–Crippen LogP) is 2.62. The van der Waals surface area contributed by atoms with E-state index in [0.717, 1.165) is 19.4 Å². The largest absolute Gasteiger partial charge is 0.328 e. The number of nitrogens with two attached hydrogens (primary N) is 1. The third kappa shape index (κ3) is 3.39. The average molecular weight is 308 g/mol. The zero-order chi connectivity index (χ0) is 14.8. The van der Waals surface area contributed by atoms with Crippen LogP contribution in [-0.4, -0.2) is 35.5 Å². The highest BCUT2D eigenvalue weighted by molar-refractivity contribution is 6.33. The minimum atomic E-state index is 0.0253.